The Morgan fingerprint density at radius 1 is 1.47 bits per heavy atom. The average molecular weight is 296 g/mol. The summed E-state index contributed by atoms with van der Waals surface area (Å²) in [5.74, 6) is 0.926. The number of alkyl halides is 1. The van der Waals surface area contributed by atoms with Gasteiger partial charge in [0.15, 0.2) is 0 Å². The Balaban J connectivity index is 1.92. The third kappa shape index (κ3) is 3.09. The average Bonchev–Trinajstić information content (AvgIpc) is 3.08. The molecule has 0 radical (unpaired) electrons. The molecule has 0 spiro atoms. The lowest BCUT2D eigenvalue weighted by Gasteiger charge is -2.18. The van der Waals surface area contributed by atoms with Gasteiger partial charge in [0.1, 0.15) is 0 Å². The summed E-state index contributed by atoms with van der Waals surface area (Å²) >= 11 is 3.48. The maximum atomic E-state index is 12.1. The highest BCUT2D eigenvalue weighted by Crippen LogP contribution is 2.48. The third-order valence-corrected chi connectivity index (χ3v) is 3.53. The van der Waals surface area contributed by atoms with Crippen LogP contribution in [-0.2, 0) is 4.79 Å². The van der Waals surface area contributed by atoms with Crippen LogP contribution in [0.2, 0.25) is 0 Å². The molecule has 1 aliphatic rings. The minimum Gasteiger partial charge on any atom is -0.344 e. The van der Waals surface area contributed by atoms with Crippen molar-refractivity contribution in [3.63, 3.8) is 0 Å². The van der Waals surface area contributed by atoms with E-state index < -0.39 is 0 Å². The molecule has 0 saturated heterocycles. The zero-order valence-corrected chi connectivity index (χ0v) is 11.9. The summed E-state index contributed by atoms with van der Waals surface area (Å²) in [5, 5.41) is 0. The Morgan fingerprint density at radius 2 is 2.12 bits per heavy atom. The highest BCUT2D eigenvalue weighted by Gasteiger charge is 2.44. The van der Waals surface area contributed by atoms with E-state index in [1.165, 1.54) is 5.56 Å². The fourth-order valence-electron chi connectivity index (χ4n) is 2.29. The number of hydrogen-bond acceptors (Lipinski definition) is 1. The summed E-state index contributed by atoms with van der Waals surface area (Å²) in [6.45, 7) is 2.84. The van der Waals surface area contributed by atoms with Gasteiger partial charge in [-0.3, -0.25) is 4.79 Å². The van der Waals surface area contributed by atoms with Crippen LogP contribution in [0.4, 0.5) is 0 Å². The molecular formula is C14H18BrNO. The second kappa shape index (κ2) is 5.21. The van der Waals surface area contributed by atoms with E-state index in [9.17, 15) is 4.79 Å². The molecule has 1 fully saturated rings. The first kappa shape index (κ1) is 12.6. The van der Waals surface area contributed by atoms with Gasteiger partial charge in [0.25, 0.3) is 0 Å². The highest BCUT2D eigenvalue weighted by atomic mass is 79.9. The molecule has 1 amide bonds. The highest BCUT2D eigenvalue weighted by molar-refractivity contribution is 9.09. The number of halogens is 1. The Labute approximate surface area is 111 Å². The lowest BCUT2D eigenvalue weighted by atomic mass is 10.1. The number of amides is 1. The smallest absolute Gasteiger partial charge is 0.226 e. The van der Waals surface area contributed by atoms with Gasteiger partial charge in [0.2, 0.25) is 5.91 Å². The van der Waals surface area contributed by atoms with Crippen LogP contribution >= 0.6 is 15.9 Å². The number of carbonyl (C=O) groups is 1. The zero-order chi connectivity index (χ0) is 12.4. The first-order valence-electron chi connectivity index (χ1n) is 6.03. The molecule has 0 aliphatic heterocycles. The van der Waals surface area contributed by atoms with Crippen LogP contribution in [0.15, 0.2) is 30.3 Å². The summed E-state index contributed by atoms with van der Waals surface area (Å²) < 4.78 is 0. The Morgan fingerprint density at radius 3 is 2.71 bits per heavy atom. The first-order chi connectivity index (χ1) is 8.09. The van der Waals surface area contributed by atoms with E-state index in [1.807, 2.05) is 30.1 Å². The van der Waals surface area contributed by atoms with Crippen LogP contribution in [-0.4, -0.2) is 29.2 Å². The van der Waals surface area contributed by atoms with Crippen molar-refractivity contribution in [1.29, 1.82) is 0 Å². The summed E-state index contributed by atoms with van der Waals surface area (Å²) in [7, 11) is 1.89. The maximum absolute atomic E-state index is 12.1. The van der Waals surface area contributed by atoms with Crippen molar-refractivity contribution in [2.45, 2.75) is 24.1 Å². The number of hydrogen-bond donors (Lipinski definition) is 0. The molecule has 3 atom stereocenters. The molecule has 0 bridgehead atoms. The van der Waals surface area contributed by atoms with E-state index >= 15 is 0 Å². The molecule has 92 valence electrons. The molecule has 1 saturated carbocycles. The predicted octanol–water partition coefficient (Wildman–Crippen LogP) is 3.03. The first-order valence-corrected chi connectivity index (χ1v) is 6.95. The Kier molecular flexibility index (Phi) is 3.87. The Bertz CT molecular complexity index is 390. The minimum absolute atomic E-state index is 0.202. The lowest BCUT2D eigenvalue weighted by Crippen LogP contribution is -2.32. The van der Waals surface area contributed by atoms with Crippen molar-refractivity contribution < 1.29 is 4.79 Å². The van der Waals surface area contributed by atoms with Crippen molar-refractivity contribution in [3.05, 3.63) is 35.9 Å². The van der Waals surface area contributed by atoms with E-state index in [2.05, 4.69) is 35.0 Å². The molecule has 0 heterocycles. The molecule has 3 heteroatoms. The summed E-state index contributed by atoms with van der Waals surface area (Å²) in [5.41, 5.74) is 1.30. The van der Waals surface area contributed by atoms with Crippen LogP contribution in [0.3, 0.4) is 0 Å². The van der Waals surface area contributed by atoms with Crippen molar-refractivity contribution in [3.8, 4) is 0 Å². The van der Waals surface area contributed by atoms with Crippen LogP contribution in [0.1, 0.15) is 24.8 Å². The number of benzene rings is 1. The van der Waals surface area contributed by atoms with E-state index in [0.717, 1.165) is 13.0 Å². The molecule has 1 aromatic rings. The number of carbonyl (C=O) groups excluding carboxylic acids is 1. The molecule has 3 unspecified atom stereocenters. The zero-order valence-electron chi connectivity index (χ0n) is 10.3. The standard InChI is InChI=1S/C14H18BrNO/c1-10(15)9-16(2)14(17)13-8-12(13)11-6-4-3-5-7-11/h3-7,10,12-13H,8-9H2,1-2H3. The SMILES string of the molecule is CC(Br)CN(C)C(=O)C1CC1c1ccccc1. The van der Waals surface area contributed by atoms with Gasteiger partial charge >= 0.3 is 0 Å². The molecule has 1 aromatic carbocycles. The van der Waals surface area contributed by atoms with Crippen LogP contribution in [0.25, 0.3) is 0 Å². The summed E-state index contributed by atoms with van der Waals surface area (Å²) in [4.78, 5) is 14.3. The maximum Gasteiger partial charge on any atom is 0.226 e. The molecule has 17 heavy (non-hydrogen) atoms. The molecule has 0 N–H and O–H groups in total. The molecule has 2 nitrogen and oxygen atoms in total. The predicted molar refractivity (Wildman–Crippen MR) is 73.3 cm³/mol. The number of nitrogens with zero attached hydrogens (tertiary/aromatic N) is 1. The topological polar surface area (TPSA) is 20.3 Å². The third-order valence-electron chi connectivity index (χ3n) is 3.24. The van der Waals surface area contributed by atoms with Crippen molar-refractivity contribution in [1.82, 2.24) is 4.90 Å². The van der Waals surface area contributed by atoms with Gasteiger partial charge in [0, 0.05) is 24.3 Å². The van der Waals surface area contributed by atoms with Crippen LogP contribution in [0, 0.1) is 5.92 Å². The van der Waals surface area contributed by atoms with Gasteiger partial charge < -0.3 is 4.90 Å². The van der Waals surface area contributed by atoms with Gasteiger partial charge in [-0.05, 0) is 17.9 Å². The fourth-order valence-corrected chi connectivity index (χ4v) is 2.72. The van der Waals surface area contributed by atoms with Crippen LogP contribution in [0.5, 0.6) is 0 Å². The van der Waals surface area contributed by atoms with Gasteiger partial charge in [0.05, 0.1) is 0 Å². The fraction of sp³-hybridized carbons (Fsp3) is 0.500. The molecule has 1 aliphatic carbocycles. The van der Waals surface area contributed by atoms with E-state index in [0.29, 0.717) is 10.7 Å². The minimum atomic E-state index is 0.202. The van der Waals surface area contributed by atoms with Crippen LogP contribution < -0.4 is 0 Å². The number of rotatable bonds is 4. The largest absolute Gasteiger partial charge is 0.344 e. The van der Waals surface area contributed by atoms with E-state index in [4.69, 9.17) is 0 Å². The molecular weight excluding hydrogens is 278 g/mol. The van der Waals surface area contributed by atoms with Gasteiger partial charge in [-0.25, -0.2) is 0 Å². The molecule has 0 aromatic heterocycles. The van der Waals surface area contributed by atoms with Gasteiger partial charge in [-0.2, -0.15) is 0 Å². The summed E-state index contributed by atoms with van der Waals surface area (Å²) in [6.07, 6.45) is 1.00. The van der Waals surface area contributed by atoms with Crippen molar-refractivity contribution >= 4 is 21.8 Å². The second-order valence-corrected chi connectivity index (χ2v) is 6.42. The van der Waals surface area contributed by atoms with Gasteiger partial charge in [-0.15, -0.1) is 0 Å². The van der Waals surface area contributed by atoms with E-state index in [-0.39, 0.29) is 11.8 Å². The Hall–Kier alpha value is -0.830. The molecule has 2 rings (SSSR count). The monoisotopic (exact) mass is 295 g/mol. The summed E-state index contributed by atoms with van der Waals surface area (Å²) in [6, 6.07) is 10.3. The second-order valence-electron chi connectivity index (χ2n) is 4.86. The van der Waals surface area contributed by atoms with Crippen molar-refractivity contribution in [2.75, 3.05) is 13.6 Å². The van der Waals surface area contributed by atoms with Crippen molar-refractivity contribution in [2.24, 2.45) is 5.92 Å². The quantitative estimate of drug-likeness (QED) is 0.782. The van der Waals surface area contributed by atoms with Gasteiger partial charge in [-0.1, -0.05) is 53.2 Å². The normalized spacial score (nSPS) is 24.2. The lowest BCUT2D eigenvalue weighted by molar-refractivity contribution is -0.131. The van der Waals surface area contributed by atoms with E-state index in [1.54, 1.807) is 0 Å².